The molecule has 0 radical (unpaired) electrons. The summed E-state index contributed by atoms with van der Waals surface area (Å²) in [5, 5.41) is 13.9. The maximum Gasteiger partial charge on any atom is 0.327 e. The maximum absolute atomic E-state index is 13.9. The van der Waals surface area contributed by atoms with Crippen LogP contribution >= 0.6 is 0 Å². The predicted octanol–water partition coefficient (Wildman–Crippen LogP) is 2.52. The number of rotatable bonds is 5. The Kier molecular flexibility index (Phi) is 3.90. The Morgan fingerprint density at radius 3 is 2.71 bits per heavy atom. The Balaban J connectivity index is 1.90. The van der Waals surface area contributed by atoms with Crippen LogP contribution in [0.25, 0.3) is 11.0 Å². The topological polar surface area (TPSA) is 113 Å². The van der Waals surface area contributed by atoms with Crippen molar-refractivity contribution in [3.8, 4) is 5.75 Å². The van der Waals surface area contributed by atoms with Crippen molar-refractivity contribution in [3.63, 3.8) is 0 Å². The van der Waals surface area contributed by atoms with Crippen LogP contribution in [0.15, 0.2) is 35.1 Å². The number of nitro benzene ring substituents is 1. The van der Waals surface area contributed by atoms with Crippen LogP contribution in [0.2, 0.25) is 0 Å². The number of halogens is 1. The SMILES string of the molecule is COc1cc(F)c([N+](=O)[O-])c(NCc2ccc3[nH]c(=O)[nH]c3c2)c1. The van der Waals surface area contributed by atoms with E-state index in [4.69, 9.17) is 4.74 Å². The van der Waals surface area contributed by atoms with Gasteiger partial charge in [-0.25, -0.2) is 4.79 Å². The van der Waals surface area contributed by atoms with Crippen LogP contribution in [-0.2, 0) is 6.54 Å². The predicted molar refractivity (Wildman–Crippen MR) is 85.9 cm³/mol. The number of aromatic nitrogens is 2. The van der Waals surface area contributed by atoms with Gasteiger partial charge in [0.25, 0.3) is 0 Å². The van der Waals surface area contributed by atoms with Crippen LogP contribution in [-0.4, -0.2) is 22.0 Å². The molecule has 9 heteroatoms. The van der Waals surface area contributed by atoms with E-state index in [0.29, 0.717) is 11.0 Å². The summed E-state index contributed by atoms with van der Waals surface area (Å²) in [5.41, 5.74) is 1.08. The van der Waals surface area contributed by atoms with Crippen molar-refractivity contribution in [3.05, 3.63) is 62.3 Å². The summed E-state index contributed by atoms with van der Waals surface area (Å²) in [6.07, 6.45) is 0. The molecule has 0 spiro atoms. The molecule has 0 saturated heterocycles. The minimum Gasteiger partial charge on any atom is -0.497 e. The fraction of sp³-hybridized carbons (Fsp3) is 0.133. The van der Waals surface area contributed by atoms with Gasteiger partial charge in [-0.05, 0) is 17.7 Å². The third-order valence-electron chi connectivity index (χ3n) is 3.52. The van der Waals surface area contributed by atoms with E-state index in [1.165, 1.54) is 13.2 Å². The molecule has 0 saturated carbocycles. The molecule has 1 aromatic heterocycles. The Bertz CT molecular complexity index is 979. The normalized spacial score (nSPS) is 10.8. The highest BCUT2D eigenvalue weighted by Gasteiger charge is 2.22. The van der Waals surface area contributed by atoms with Crippen LogP contribution in [0.3, 0.4) is 0 Å². The van der Waals surface area contributed by atoms with Crippen LogP contribution in [0, 0.1) is 15.9 Å². The standard InChI is InChI=1S/C15H13FN4O4/c1-24-9-5-10(16)14(20(22)23)13(6-9)17-7-8-2-3-11-12(4-8)19-15(21)18-11/h2-6,17H,7H2,1H3,(H2,18,19,21). The zero-order valence-electron chi connectivity index (χ0n) is 12.6. The fourth-order valence-electron chi connectivity index (χ4n) is 2.40. The molecule has 0 amide bonds. The monoisotopic (exact) mass is 332 g/mol. The Hall–Kier alpha value is -3.36. The van der Waals surface area contributed by atoms with Crippen molar-refractivity contribution in [2.45, 2.75) is 6.54 Å². The summed E-state index contributed by atoms with van der Waals surface area (Å²) in [5.74, 6) is -0.807. The summed E-state index contributed by atoms with van der Waals surface area (Å²) < 4.78 is 18.8. The summed E-state index contributed by atoms with van der Waals surface area (Å²) in [7, 11) is 1.35. The number of anilines is 1. The first-order valence-corrected chi connectivity index (χ1v) is 6.94. The number of methoxy groups -OCH3 is 1. The molecule has 3 rings (SSSR count). The smallest absolute Gasteiger partial charge is 0.327 e. The number of nitrogens with one attached hydrogen (secondary N) is 3. The van der Waals surface area contributed by atoms with Crippen LogP contribution < -0.4 is 15.7 Å². The molecule has 0 bridgehead atoms. The summed E-state index contributed by atoms with van der Waals surface area (Å²) in [4.78, 5) is 26.8. The van der Waals surface area contributed by atoms with Gasteiger partial charge in [0.2, 0.25) is 5.82 Å². The van der Waals surface area contributed by atoms with Gasteiger partial charge in [0.05, 0.1) is 23.1 Å². The lowest BCUT2D eigenvalue weighted by molar-refractivity contribution is -0.386. The summed E-state index contributed by atoms with van der Waals surface area (Å²) >= 11 is 0. The number of imidazole rings is 1. The van der Waals surface area contributed by atoms with Crippen LogP contribution in [0.5, 0.6) is 5.75 Å². The van der Waals surface area contributed by atoms with Crippen molar-refractivity contribution in [1.82, 2.24) is 9.97 Å². The third-order valence-corrected chi connectivity index (χ3v) is 3.52. The molecule has 1 heterocycles. The first-order valence-electron chi connectivity index (χ1n) is 6.94. The number of nitrogens with zero attached hydrogens (tertiary/aromatic N) is 1. The van der Waals surface area contributed by atoms with E-state index in [-0.39, 0.29) is 23.7 Å². The van der Waals surface area contributed by atoms with E-state index in [1.807, 2.05) is 0 Å². The lowest BCUT2D eigenvalue weighted by Crippen LogP contribution is -2.05. The highest BCUT2D eigenvalue weighted by atomic mass is 19.1. The number of hydrogen-bond donors (Lipinski definition) is 3. The highest BCUT2D eigenvalue weighted by molar-refractivity contribution is 5.75. The average Bonchev–Trinajstić information content (AvgIpc) is 2.91. The summed E-state index contributed by atoms with van der Waals surface area (Å²) in [6.45, 7) is 0.205. The van der Waals surface area contributed by atoms with Crippen molar-refractivity contribution < 1.29 is 14.1 Å². The molecule has 2 aromatic carbocycles. The van der Waals surface area contributed by atoms with Crippen molar-refractivity contribution >= 4 is 22.4 Å². The van der Waals surface area contributed by atoms with Gasteiger partial charge >= 0.3 is 11.4 Å². The van der Waals surface area contributed by atoms with Crippen LogP contribution in [0.1, 0.15) is 5.56 Å². The number of benzene rings is 2. The van der Waals surface area contributed by atoms with Crippen LogP contribution in [0.4, 0.5) is 15.8 Å². The molecule has 0 aliphatic rings. The highest BCUT2D eigenvalue weighted by Crippen LogP contribution is 2.32. The average molecular weight is 332 g/mol. The molecule has 0 atom stereocenters. The first kappa shape index (κ1) is 15.5. The second-order valence-electron chi connectivity index (χ2n) is 5.08. The van der Waals surface area contributed by atoms with Gasteiger partial charge in [-0.15, -0.1) is 0 Å². The van der Waals surface area contributed by atoms with E-state index >= 15 is 0 Å². The Morgan fingerprint density at radius 1 is 1.25 bits per heavy atom. The Labute approximate surface area is 134 Å². The zero-order chi connectivity index (χ0) is 17.3. The number of H-pyrrole nitrogens is 2. The maximum atomic E-state index is 13.9. The molecule has 0 fully saturated rings. The largest absolute Gasteiger partial charge is 0.497 e. The van der Waals surface area contributed by atoms with E-state index in [1.54, 1.807) is 18.2 Å². The number of ether oxygens (including phenoxy) is 1. The molecule has 24 heavy (non-hydrogen) atoms. The van der Waals surface area contributed by atoms with Gasteiger partial charge in [-0.1, -0.05) is 6.07 Å². The molecule has 0 aliphatic heterocycles. The number of hydrogen-bond acceptors (Lipinski definition) is 5. The van der Waals surface area contributed by atoms with Gasteiger partial charge in [0.15, 0.2) is 0 Å². The molecular formula is C15H13FN4O4. The molecule has 3 N–H and O–H groups in total. The number of fused-ring (bicyclic) bond motifs is 1. The molecule has 124 valence electrons. The van der Waals surface area contributed by atoms with E-state index in [9.17, 15) is 19.3 Å². The number of aromatic amines is 2. The summed E-state index contributed by atoms with van der Waals surface area (Å²) in [6, 6.07) is 7.51. The number of nitro groups is 1. The Morgan fingerprint density at radius 2 is 2.00 bits per heavy atom. The van der Waals surface area contributed by atoms with E-state index < -0.39 is 16.4 Å². The van der Waals surface area contributed by atoms with E-state index in [0.717, 1.165) is 11.6 Å². The molecular weight excluding hydrogens is 319 g/mol. The quantitative estimate of drug-likeness (QED) is 0.491. The van der Waals surface area contributed by atoms with Gasteiger partial charge in [0, 0.05) is 18.7 Å². The van der Waals surface area contributed by atoms with Crippen molar-refractivity contribution in [2.75, 3.05) is 12.4 Å². The van der Waals surface area contributed by atoms with Gasteiger partial charge < -0.3 is 20.0 Å². The lowest BCUT2D eigenvalue weighted by Gasteiger charge is -2.10. The van der Waals surface area contributed by atoms with Gasteiger partial charge in [-0.2, -0.15) is 4.39 Å². The first-order chi connectivity index (χ1) is 11.5. The minimum atomic E-state index is -0.979. The van der Waals surface area contributed by atoms with Gasteiger partial charge in [0.1, 0.15) is 11.4 Å². The zero-order valence-corrected chi connectivity index (χ0v) is 12.6. The molecule has 0 aliphatic carbocycles. The lowest BCUT2D eigenvalue weighted by atomic mass is 10.2. The second-order valence-corrected chi connectivity index (χ2v) is 5.08. The molecule has 3 aromatic rings. The fourth-order valence-corrected chi connectivity index (χ4v) is 2.40. The van der Waals surface area contributed by atoms with Crippen molar-refractivity contribution in [1.29, 1.82) is 0 Å². The third kappa shape index (κ3) is 2.91. The van der Waals surface area contributed by atoms with E-state index in [2.05, 4.69) is 15.3 Å². The molecule has 8 nitrogen and oxygen atoms in total. The minimum absolute atomic E-state index is 0.0134. The second kappa shape index (κ2) is 6.03. The van der Waals surface area contributed by atoms with Gasteiger partial charge in [-0.3, -0.25) is 10.1 Å². The van der Waals surface area contributed by atoms with Crippen molar-refractivity contribution in [2.24, 2.45) is 0 Å². The molecule has 0 unspecified atom stereocenters.